The zero-order chi connectivity index (χ0) is 11.8. The zero-order valence-electron chi connectivity index (χ0n) is 9.48. The fraction of sp³-hybridized carbons (Fsp3) is 0.333. The highest BCUT2D eigenvalue weighted by Crippen LogP contribution is 2.23. The molecule has 0 radical (unpaired) electrons. The van der Waals surface area contributed by atoms with Gasteiger partial charge in [0.1, 0.15) is 5.52 Å². The molecular weight excluding hydrogens is 206 g/mol. The van der Waals surface area contributed by atoms with Crippen LogP contribution >= 0.6 is 0 Å². The Labute approximate surface area is 93.2 Å². The molecule has 0 saturated carbocycles. The summed E-state index contributed by atoms with van der Waals surface area (Å²) in [5.41, 5.74) is 0.721. The first-order valence-corrected chi connectivity index (χ1v) is 5.05. The summed E-state index contributed by atoms with van der Waals surface area (Å²) in [5, 5.41) is 0. The minimum absolute atomic E-state index is 0.00104. The van der Waals surface area contributed by atoms with Crippen LogP contribution in [0.25, 0.3) is 11.1 Å². The molecule has 2 rings (SSSR count). The standard InChI is InChI=1S/C12H13NO3/c1-12(2,3)10(14)16-11-13-8-6-4-5-7-9(8)15-11/h4-7H,1-3H3. The van der Waals surface area contributed by atoms with Crippen molar-refractivity contribution in [2.75, 3.05) is 0 Å². The molecule has 0 unspecified atom stereocenters. The molecule has 1 aromatic carbocycles. The number of carbonyl (C=O) groups excluding carboxylic acids is 1. The maximum atomic E-state index is 11.6. The van der Waals surface area contributed by atoms with E-state index < -0.39 is 5.41 Å². The first-order chi connectivity index (χ1) is 7.47. The first kappa shape index (κ1) is 10.7. The van der Waals surface area contributed by atoms with E-state index in [1.54, 1.807) is 32.9 Å². The number of hydrogen-bond acceptors (Lipinski definition) is 4. The molecule has 0 atom stereocenters. The Bertz CT molecular complexity index is 489. The minimum atomic E-state index is -0.569. The van der Waals surface area contributed by atoms with E-state index in [-0.39, 0.29) is 12.0 Å². The molecule has 0 aliphatic heterocycles. The normalized spacial score (nSPS) is 11.7. The highest BCUT2D eigenvalue weighted by Gasteiger charge is 2.25. The summed E-state index contributed by atoms with van der Waals surface area (Å²) in [4.78, 5) is 15.6. The molecule has 0 aliphatic carbocycles. The molecule has 0 spiro atoms. The monoisotopic (exact) mass is 219 g/mol. The second kappa shape index (κ2) is 3.63. The maximum Gasteiger partial charge on any atom is 0.402 e. The van der Waals surface area contributed by atoms with Gasteiger partial charge in [-0.15, -0.1) is 0 Å². The molecule has 0 aliphatic rings. The van der Waals surface area contributed by atoms with Crippen LogP contribution in [0.15, 0.2) is 28.7 Å². The number of oxazole rings is 1. The van der Waals surface area contributed by atoms with Crippen LogP contribution in [0.2, 0.25) is 0 Å². The van der Waals surface area contributed by atoms with Gasteiger partial charge in [0.2, 0.25) is 0 Å². The molecule has 4 nitrogen and oxygen atoms in total. The summed E-state index contributed by atoms with van der Waals surface area (Å²) >= 11 is 0. The van der Waals surface area contributed by atoms with Gasteiger partial charge in [0.05, 0.1) is 5.41 Å². The summed E-state index contributed by atoms with van der Waals surface area (Å²) in [7, 11) is 0. The Morgan fingerprint density at radius 1 is 1.31 bits per heavy atom. The van der Waals surface area contributed by atoms with Gasteiger partial charge in [-0.3, -0.25) is 4.79 Å². The Balaban J connectivity index is 2.25. The van der Waals surface area contributed by atoms with E-state index in [0.29, 0.717) is 11.1 Å². The van der Waals surface area contributed by atoms with Crippen LogP contribution in [0.1, 0.15) is 20.8 Å². The molecule has 2 aromatic rings. The summed E-state index contributed by atoms with van der Waals surface area (Å²) in [5.74, 6) is -0.362. The number of hydrogen-bond donors (Lipinski definition) is 0. The highest BCUT2D eigenvalue weighted by molar-refractivity contribution is 5.78. The fourth-order valence-electron chi connectivity index (χ4n) is 1.13. The maximum absolute atomic E-state index is 11.6. The zero-order valence-corrected chi connectivity index (χ0v) is 9.48. The van der Waals surface area contributed by atoms with E-state index in [0.717, 1.165) is 0 Å². The molecule has 0 fully saturated rings. The van der Waals surface area contributed by atoms with Crippen molar-refractivity contribution >= 4 is 17.1 Å². The lowest BCUT2D eigenvalue weighted by Gasteiger charge is -2.13. The van der Waals surface area contributed by atoms with Crippen molar-refractivity contribution in [1.29, 1.82) is 0 Å². The van der Waals surface area contributed by atoms with E-state index >= 15 is 0 Å². The van der Waals surface area contributed by atoms with Crippen molar-refractivity contribution in [3.05, 3.63) is 24.3 Å². The number of para-hydroxylation sites is 2. The predicted molar refractivity (Wildman–Crippen MR) is 59.1 cm³/mol. The number of rotatable bonds is 1. The Morgan fingerprint density at radius 3 is 2.62 bits per heavy atom. The van der Waals surface area contributed by atoms with Gasteiger partial charge in [0.15, 0.2) is 5.58 Å². The minimum Gasteiger partial charge on any atom is -0.409 e. The van der Waals surface area contributed by atoms with Gasteiger partial charge in [-0.05, 0) is 32.9 Å². The second-order valence-corrected chi connectivity index (χ2v) is 4.59. The van der Waals surface area contributed by atoms with Gasteiger partial charge in [0.25, 0.3) is 0 Å². The van der Waals surface area contributed by atoms with Crippen molar-refractivity contribution in [1.82, 2.24) is 4.98 Å². The summed E-state index contributed by atoms with van der Waals surface area (Å²) < 4.78 is 10.3. The van der Waals surface area contributed by atoms with E-state index in [1.807, 2.05) is 12.1 Å². The second-order valence-electron chi connectivity index (χ2n) is 4.59. The third-order valence-corrected chi connectivity index (χ3v) is 2.07. The third kappa shape index (κ3) is 2.05. The van der Waals surface area contributed by atoms with Gasteiger partial charge in [-0.1, -0.05) is 12.1 Å². The van der Waals surface area contributed by atoms with E-state index in [9.17, 15) is 4.79 Å². The first-order valence-electron chi connectivity index (χ1n) is 5.05. The molecule has 4 heteroatoms. The molecule has 0 saturated heterocycles. The molecule has 16 heavy (non-hydrogen) atoms. The molecule has 1 heterocycles. The van der Waals surface area contributed by atoms with E-state index in [1.165, 1.54) is 0 Å². The lowest BCUT2D eigenvalue weighted by Crippen LogP contribution is -2.25. The smallest absolute Gasteiger partial charge is 0.402 e. The SMILES string of the molecule is CC(C)(C)C(=O)Oc1nc2ccccc2o1. The van der Waals surface area contributed by atoms with Crippen molar-refractivity contribution in [2.45, 2.75) is 20.8 Å². The van der Waals surface area contributed by atoms with Crippen molar-refractivity contribution < 1.29 is 13.9 Å². The quantitative estimate of drug-likeness (QED) is 0.692. The van der Waals surface area contributed by atoms with Crippen LogP contribution < -0.4 is 4.74 Å². The van der Waals surface area contributed by atoms with Gasteiger partial charge >= 0.3 is 12.0 Å². The van der Waals surface area contributed by atoms with Crippen LogP contribution in [0, 0.1) is 5.41 Å². The Hall–Kier alpha value is -1.84. The van der Waals surface area contributed by atoms with Crippen LogP contribution in [-0.2, 0) is 4.79 Å². The average Bonchev–Trinajstić information content (AvgIpc) is 2.58. The topological polar surface area (TPSA) is 52.3 Å². The third-order valence-electron chi connectivity index (χ3n) is 2.07. The summed E-state index contributed by atoms with van der Waals surface area (Å²) in [6.45, 7) is 5.33. The van der Waals surface area contributed by atoms with Crippen LogP contribution in [0.4, 0.5) is 0 Å². The van der Waals surface area contributed by atoms with E-state index in [2.05, 4.69) is 4.98 Å². The summed E-state index contributed by atoms with van der Waals surface area (Å²) in [6.07, 6.45) is 0.00104. The van der Waals surface area contributed by atoms with Gasteiger partial charge in [-0.25, -0.2) is 0 Å². The number of nitrogens with zero attached hydrogens (tertiary/aromatic N) is 1. The van der Waals surface area contributed by atoms with Crippen molar-refractivity contribution in [2.24, 2.45) is 5.41 Å². The molecular formula is C12H13NO3. The predicted octanol–water partition coefficient (Wildman–Crippen LogP) is 2.78. The van der Waals surface area contributed by atoms with E-state index in [4.69, 9.17) is 9.15 Å². The molecule has 1 aromatic heterocycles. The number of benzene rings is 1. The Morgan fingerprint density at radius 2 is 2.00 bits per heavy atom. The number of esters is 1. The van der Waals surface area contributed by atoms with Crippen molar-refractivity contribution in [3.63, 3.8) is 0 Å². The highest BCUT2D eigenvalue weighted by atomic mass is 16.6. The van der Waals surface area contributed by atoms with Crippen LogP contribution in [0.5, 0.6) is 6.08 Å². The lowest BCUT2D eigenvalue weighted by atomic mass is 9.98. The van der Waals surface area contributed by atoms with Gasteiger partial charge in [-0.2, -0.15) is 4.98 Å². The fourth-order valence-corrected chi connectivity index (χ4v) is 1.13. The van der Waals surface area contributed by atoms with Gasteiger partial charge < -0.3 is 9.15 Å². The molecule has 0 bridgehead atoms. The largest absolute Gasteiger partial charge is 0.409 e. The Kier molecular flexibility index (Phi) is 2.42. The number of carbonyl (C=O) groups is 1. The number of aromatic nitrogens is 1. The van der Waals surface area contributed by atoms with Crippen LogP contribution in [0.3, 0.4) is 0 Å². The summed E-state index contributed by atoms with van der Waals surface area (Å²) in [6, 6.07) is 7.26. The number of ether oxygens (including phenoxy) is 1. The number of fused-ring (bicyclic) bond motifs is 1. The molecule has 0 N–H and O–H groups in total. The van der Waals surface area contributed by atoms with Gasteiger partial charge in [0, 0.05) is 0 Å². The lowest BCUT2D eigenvalue weighted by molar-refractivity contribution is -0.144. The van der Waals surface area contributed by atoms with Crippen molar-refractivity contribution in [3.8, 4) is 6.08 Å². The van der Waals surface area contributed by atoms with Crippen LogP contribution in [-0.4, -0.2) is 11.0 Å². The molecule has 84 valence electrons. The average molecular weight is 219 g/mol. The molecule has 0 amide bonds.